The van der Waals surface area contributed by atoms with Crippen LogP contribution in [0, 0.1) is 0 Å². The monoisotopic (exact) mass is 211 g/mol. The lowest BCUT2D eigenvalue weighted by Gasteiger charge is -2.11. The van der Waals surface area contributed by atoms with Gasteiger partial charge in [0.2, 0.25) is 0 Å². The van der Waals surface area contributed by atoms with Gasteiger partial charge < -0.3 is 10.5 Å². The van der Waals surface area contributed by atoms with Crippen molar-refractivity contribution in [1.82, 2.24) is 0 Å². The van der Waals surface area contributed by atoms with Gasteiger partial charge in [-0.25, -0.2) is 0 Å². The van der Waals surface area contributed by atoms with Crippen molar-refractivity contribution in [2.75, 3.05) is 12.8 Å². The second-order valence-corrected chi connectivity index (χ2v) is 4.72. The topological polar surface area (TPSA) is 35.2 Å². The molecule has 2 nitrogen and oxygen atoms in total. The Bertz CT molecular complexity index is 301. The molecule has 0 aliphatic heterocycles. The first-order valence-electron chi connectivity index (χ1n) is 4.77. The van der Waals surface area contributed by atoms with E-state index in [1.807, 2.05) is 18.2 Å². The molecule has 3 heteroatoms. The Morgan fingerprint density at radius 3 is 2.79 bits per heavy atom. The molecule has 0 saturated heterocycles. The third-order valence-corrected chi connectivity index (χ3v) is 3.47. The largest absolute Gasteiger partial charge is 0.497 e. The zero-order valence-corrected chi connectivity index (χ0v) is 9.73. The molecule has 0 fully saturated rings. The summed E-state index contributed by atoms with van der Waals surface area (Å²) in [5.74, 6) is 0.866. The van der Waals surface area contributed by atoms with Gasteiger partial charge in [-0.1, -0.05) is 13.8 Å². The second-order valence-electron chi connectivity index (χ2n) is 3.24. The molecule has 1 unspecified atom stereocenters. The average Bonchev–Trinajstić information content (AvgIpc) is 2.21. The molecule has 0 aliphatic rings. The maximum atomic E-state index is 5.87. The Morgan fingerprint density at radius 2 is 2.21 bits per heavy atom. The predicted molar refractivity (Wildman–Crippen MR) is 63.0 cm³/mol. The van der Waals surface area contributed by atoms with E-state index in [2.05, 4.69) is 13.8 Å². The highest BCUT2D eigenvalue weighted by molar-refractivity contribution is 8.00. The molecule has 1 atom stereocenters. The molecule has 0 spiro atoms. The number of nitrogens with two attached hydrogens (primary N) is 1. The molecule has 0 amide bonds. The first-order valence-corrected chi connectivity index (χ1v) is 5.65. The van der Waals surface area contributed by atoms with Crippen molar-refractivity contribution in [2.45, 2.75) is 30.4 Å². The number of anilines is 1. The van der Waals surface area contributed by atoms with Crippen molar-refractivity contribution in [3.8, 4) is 5.75 Å². The fraction of sp³-hybridized carbons (Fsp3) is 0.455. The summed E-state index contributed by atoms with van der Waals surface area (Å²) in [5.41, 5.74) is 6.70. The van der Waals surface area contributed by atoms with Gasteiger partial charge in [-0.15, -0.1) is 11.8 Å². The summed E-state index contributed by atoms with van der Waals surface area (Å²) in [6.07, 6.45) is 1.14. The van der Waals surface area contributed by atoms with E-state index < -0.39 is 0 Å². The van der Waals surface area contributed by atoms with Gasteiger partial charge in [-0.3, -0.25) is 0 Å². The smallest absolute Gasteiger partial charge is 0.120 e. The zero-order valence-electron chi connectivity index (χ0n) is 8.91. The van der Waals surface area contributed by atoms with E-state index in [4.69, 9.17) is 10.5 Å². The lowest BCUT2D eigenvalue weighted by atomic mass is 10.3. The van der Waals surface area contributed by atoms with Crippen LogP contribution in [0.2, 0.25) is 0 Å². The van der Waals surface area contributed by atoms with E-state index in [0.29, 0.717) is 5.25 Å². The Morgan fingerprint density at radius 1 is 1.50 bits per heavy atom. The van der Waals surface area contributed by atoms with E-state index in [0.717, 1.165) is 22.8 Å². The highest BCUT2D eigenvalue weighted by Crippen LogP contribution is 2.32. The van der Waals surface area contributed by atoms with Gasteiger partial charge in [0.05, 0.1) is 7.11 Å². The van der Waals surface area contributed by atoms with Crippen molar-refractivity contribution in [1.29, 1.82) is 0 Å². The lowest BCUT2D eigenvalue weighted by molar-refractivity contribution is 0.414. The average molecular weight is 211 g/mol. The number of benzene rings is 1. The summed E-state index contributed by atoms with van der Waals surface area (Å²) in [6, 6.07) is 5.77. The third kappa shape index (κ3) is 2.84. The van der Waals surface area contributed by atoms with Crippen LogP contribution in [0.4, 0.5) is 5.69 Å². The minimum Gasteiger partial charge on any atom is -0.497 e. The Balaban J connectivity index is 2.83. The van der Waals surface area contributed by atoms with Crippen molar-refractivity contribution >= 4 is 17.4 Å². The Kier molecular flexibility index (Phi) is 4.14. The molecular weight excluding hydrogens is 194 g/mol. The maximum Gasteiger partial charge on any atom is 0.120 e. The maximum absolute atomic E-state index is 5.87. The van der Waals surface area contributed by atoms with Crippen LogP contribution in [0.15, 0.2) is 23.1 Å². The summed E-state index contributed by atoms with van der Waals surface area (Å²) in [5, 5.41) is 0.587. The van der Waals surface area contributed by atoms with E-state index in [-0.39, 0.29) is 0 Å². The van der Waals surface area contributed by atoms with Crippen LogP contribution >= 0.6 is 11.8 Å². The number of ether oxygens (including phenoxy) is 1. The summed E-state index contributed by atoms with van der Waals surface area (Å²) in [4.78, 5) is 1.11. The van der Waals surface area contributed by atoms with Crippen LogP contribution in [-0.2, 0) is 0 Å². The molecule has 0 saturated carbocycles. The Hall–Kier alpha value is -0.830. The molecule has 1 aromatic carbocycles. The SMILES string of the molecule is CCC(C)Sc1cc(OC)ccc1N. The molecule has 0 heterocycles. The van der Waals surface area contributed by atoms with E-state index in [1.165, 1.54) is 0 Å². The van der Waals surface area contributed by atoms with Crippen LogP contribution in [-0.4, -0.2) is 12.4 Å². The molecule has 0 bridgehead atoms. The number of methoxy groups -OCH3 is 1. The van der Waals surface area contributed by atoms with E-state index in [1.54, 1.807) is 18.9 Å². The molecule has 2 N–H and O–H groups in total. The van der Waals surface area contributed by atoms with Gasteiger partial charge in [0.1, 0.15) is 5.75 Å². The summed E-state index contributed by atoms with van der Waals surface area (Å²) < 4.78 is 5.16. The minimum atomic E-state index is 0.587. The van der Waals surface area contributed by atoms with Crippen LogP contribution in [0.25, 0.3) is 0 Å². The first-order chi connectivity index (χ1) is 6.67. The summed E-state index contributed by atoms with van der Waals surface area (Å²) in [6.45, 7) is 4.37. The van der Waals surface area contributed by atoms with Gasteiger partial charge in [-0.05, 0) is 24.6 Å². The van der Waals surface area contributed by atoms with Crippen molar-refractivity contribution in [3.63, 3.8) is 0 Å². The third-order valence-electron chi connectivity index (χ3n) is 2.12. The minimum absolute atomic E-state index is 0.587. The standard InChI is InChI=1S/C11H17NOS/c1-4-8(2)14-11-7-9(13-3)5-6-10(11)12/h5-8H,4,12H2,1-3H3. The molecule has 1 aromatic rings. The zero-order chi connectivity index (χ0) is 10.6. The number of rotatable bonds is 4. The molecule has 0 aromatic heterocycles. The highest BCUT2D eigenvalue weighted by atomic mass is 32.2. The van der Waals surface area contributed by atoms with Crippen molar-refractivity contribution < 1.29 is 4.74 Å². The normalized spacial score (nSPS) is 12.5. The van der Waals surface area contributed by atoms with Gasteiger partial charge in [0.25, 0.3) is 0 Å². The van der Waals surface area contributed by atoms with Gasteiger partial charge in [-0.2, -0.15) is 0 Å². The number of nitrogen functional groups attached to an aromatic ring is 1. The van der Waals surface area contributed by atoms with Crippen LogP contribution in [0.1, 0.15) is 20.3 Å². The predicted octanol–water partition coefficient (Wildman–Crippen LogP) is 3.17. The van der Waals surface area contributed by atoms with Crippen LogP contribution in [0.3, 0.4) is 0 Å². The van der Waals surface area contributed by atoms with E-state index >= 15 is 0 Å². The van der Waals surface area contributed by atoms with Gasteiger partial charge >= 0.3 is 0 Å². The highest BCUT2D eigenvalue weighted by Gasteiger charge is 2.06. The fourth-order valence-corrected chi connectivity index (χ4v) is 2.03. The summed E-state index contributed by atoms with van der Waals surface area (Å²) in [7, 11) is 1.67. The fourth-order valence-electron chi connectivity index (χ4n) is 1.04. The number of hydrogen-bond donors (Lipinski definition) is 1. The van der Waals surface area contributed by atoms with Crippen molar-refractivity contribution in [2.24, 2.45) is 0 Å². The molecule has 0 aliphatic carbocycles. The molecular formula is C11H17NOS. The summed E-state index contributed by atoms with van der Waals surface area (Å²) >= 11 is 1.79. The quantitative estimate of drug-likeness (QED) is 0.613. The molecule has 0 radical (unpaired) electrons. The van der Waals surface area contributed by atoms with Gasteiger partial charge in [0, 0.05) is 15.8 Å². The lowest BCUT2D eigenvalue weighted by Crippen LogP contribution is -1.96. The Labute approximate surface area is 89.8 Å². The van der Waals surface area contributed by atoms with E-state index in [9.17, 15) is 0 Å². The molecule has 1 rings (SSSR count). The molecule has 78 valence electrons. The number of hydrogen-bond acceptors (Lipinski definition) is 3. The molecule has 14 heavy (non-hydrogen) atoms. The van der Waals surface area contributed by atoms with Crippen LogP contribution in [0.5, 0.6) is 5.75 Å². The first kappa shape index (κ1) is 11.2. The van der Waals surface area contributed by atoms with Crippen LogP contribution < -0.4 is 10.5 Å². The van der Waals surface area contributed by atoms with Crippen molar-refractivity contribution in [3.05, 3.63) is 18.2 Å². The van der Waals surface area contributed by atoms with Gasteiger partial charge in [0.15, 0.2) is 0 Å². The number of thioether (sulfide) groups is 1. The second kappa shape index (κ2) is 5.15.